The molecule has 50 heavy (non-hydrogen) atoms. The fourth-order valence-corrected chi connectivity index (χ4v) is 8.70. The van der Waals surface area contributed by atoms with Gasteiger partial charge in [-0.05, 0) is 74.4 Å². The number of amidine groups is 1. The van der Waals surface area contributed by atoms with E-state index in [0.29, 0.717) is 32.3 Å². The van der Waals surface area contributed by atoms with E-state index in [1.165, 1.54) is 6.34 Å². The van der Waals surface area contributed by atoms with E-state index in [9.17, 15) is 4.57 Å². The van der Waals surface area contributed by atoms with Crippen LogP contribution in [0.25, 0.3) is 22.2 Å². The number of likely N-dealkylation sites (N-methyl/N-ethyl adjacent to an activating group) is 2. The predicted octanol–water partition coefficient (Wildman–Crippen LogP) is 4.87. The maximum atomic E-state index is 13.5. The number of piperidine rings is 1. The van der Waals surface area contributed by atoms with Crippen LogP contribution >= 0.6 is 23.1 Å². The number of aromatic nitrogens is 4. The summed E-state index contributed by atoms with van der Waals surface area (Å²) in [7, 11) is 5.28. The first-order valence-corrected chi connectivity index (χ1v) is 19.9. The van der Waals surface area contributed by atoms with E-state index in [1.807, 2.05) is 24.1 Å². The normalized spacial score (nSPS) is 18.0. The molecule has 6 rings (SSSR count). The van der Waals surface area contributed by atoms with Crippen LogP contribution in [0.15, 0.2) is 69.7 Å². The standard InChI is InChI=1S/C35H45BrN11O2P/c1-44-15-16-45(2)35(22-44)9-13-47(14-10-35)30-18-31(49-4)29(17-25(30)24-19-42-46(3)21-24)40-20-26(36)34(41-23-37)43-28-8-7-27-32(39-12-11-38-27)33(28)50(5,6)48/h7-8,11-12,17-21,23,40H,9-10,13-16,22H2,1-6H3,(H2,37,41,43). The van der Waals surface area contributed by atoms with Crippen LogP contribution in [0.4, 0.5) is 17.1 Å². The Morgan fingerprint density at radius 1 is 1.10 bits per heavy atom. The van der Waals surface area contributed by atoms with Gasteiger partial charge in [0.1, 0.15) is 18.4 Å². The molecule has 0 aliphatic carbocycles. The van der Waals surface area contributed by atoms with Crippen LogP contribution in [0.2, 0.25) is 0 Å². The van der Waals surface area contributed by atoms with Gasteiger partial charge in [-0.3, -0.25) is 19.5 Å². The van der Waals surface area contributed by atoms with Gasteiger partial charge < -0.3 is 30.2 Å². The summed E-state index contributed by atoms with van der Waals surface area (Å²) in [6.45, 7) is 8.55. The molecular weight excluding hydrogens is 717 g/mol. The van der Waals surface area contributed by atoms with E-state index < -0.39 is 7.14 Å². The number of nitrogens with zero attached hydrogens (tertiary/aromatic N) is 9. The maximum Gasteiger partial charge on any atom is 0.169 e. The van der Waals surface area contributed by atoms with Crippen molar-refractivity contribution in [2.24, 2.45) is 22.8 Å². The van der Waals surface area contributed by atoms with Crippen molar-refractivity contribution in [1.82, 2.24) is 29.5 Å². The average molecular weight is 763 g/mol. The molecule has 0 radical (unpaired) electrons. The number of aliphatic imine (C=N–C) groups is 2. The number of rotatable bonds is 8. The van der Waals surface area contributed by atoms with Crippen LogP contribution in [-0.2, 0) is 11.6 Å². The lowest BCUT2D eigenvalue weighted by atomic mass is 9.83. The molecule has 2 fully saturated rings. The van der Waals surface area contributed by atoms with Crippen molar-refractivity contribution in [3.8, 4) is 16.9 Å². The van der Waals surface area contributed by atoms with Crippen LogP contribution in [-0.4, -0.2) is 115 Å². The molecular formula is C35H45BrN11O2P. The first-order valence-electron chi connectivity index (χ1n) is 16.5. The molecule has 0 saturated carbocycles. The van der Waals surface area contributed by atoms with Crippen LogP contribution in [0.1, 0.15) is 12.8 Å². The number of piperazine rings is 1. The minimum Gasteiger partial charge on any atom is -0.494 e. The van der Waals surface area contributed by atoms with E-state index in [0.717, 1.165) is 68.1 Å². The zero-order valence-corrected chi connectivity index (χ0v) is 31.9. The first-order chi connectivity index (χ1) is 23.9. The molecule has 1 spiro atoms. The topological polar surface area (TPSA) is 142 Å². The van der Waals surface area contributed by atoms with Gasteiger partial charge >= 0.3 is 0 Å². The fourth-order valence-electron chi connectivity index (χ4n) is 7.03. The number of halogens is 1. The summed E-state index contributed by atoms with van der Waals surface area (Å²) in [5.74, 6) is 0.967. The molecule has 2 aliphatic heterocycles. The lowest BCUT2D eigenvalue weighted by molar-refractivity contribution is 0.00947. The summed E-state index contributed by atoms with van der Waals surface area (Å²) in [6.07, 6.45) is 12.2. The molecule has 13 nitrogen and oxygen atoms in total. The highest BCUT2D eigenvalue weighted by Crippen LogP contribution is 2.43. The van der Waals surface area contributed by atoms with Gasteiger partial charge in [0.2, 0.25) is 0 Å². The third-order valence-corrected chi connectivity index (χ3v) is 11.8. The largest absolute Gasteiger partial charge is 0.494 e. The molecule has 264 valence electrons. The quantitative estimate of drug-likeness (QED) is 0.145. The molecule has 4 heterocycles. The SMILES string of the molecule is COc1cc(N2CCC3(CC2)CN(C)CCN3C)c(-c2cnn(C)c2)cc1NC=C(Br)C(N=CN)=Nc1ccc2nccnc2c1P(C)(C)=O. The van der Waals surface area contributed by atoms with E-state index in [2.05, 4.69) is 82.2 Å². The summed E-state index contributed by atoms with van der Waals surface area (Å²) in [5.41, 5.74) is 11.5. The minimum atomic E-state index is -2.82. The lowest BCUT2D eigenvalue weighted by Gasteiger charge is -2.53. The van der Waals surface area contributed by atoms with E-state index in [4.69, 9.17) is 15.5 Å². The molecule has 2 aliphatic rings. The van der Waals surface area contributed by atoms with Gasteiger partial charge in [0.25, 0.3) is 0 Å². The average Bonchev–Trinajstić information content (AvgIpc) is 3.54. The number of methoxy groups -OCH3 is 1. The number of ether oxygens (including phenoxy) is 1. The third kappa shape index (κ3) is 7.34. The van der Waals surface area contributed by atoms with Crippen LogP contribution in [0, 0.1) is 0 Å². The third-order valence-electron chi connectivity index (χ3n) is 9.68. The predicted molar refractivity (Wildman–Crippen MR) is 209 cm³/mol. The molecule has 0 amide bonds. The van der Waals surface area contributed by atoms with E-state index >= 15 is 0 Å². The van der Waals surface area contributed by atoms with Gasteiger partial charge in [0, 0.05) is 93.0 Å². The molecule has 15 heteroatoms. The summed E-state index contributed by atoms with van der Waals surface area (Å²) >= 11 is 3.65. The van der Waals surface area contributed by atoms with E-state index in [1.54, 1.807) is 51.2 Å². The van der Waals surface area contributed by atoms with Crippen molar-refractivity contribution in [1.29, 1.82) is 0 Å². The smallest absolute Gasteiger partial charge is 0.169 e. The van der Waals surface area contributed by atoms with E-state index in [-0.39, 0.29) is 11.4 Å². The Labute approximate surface area is 301 Å². The molecule has 2 aromatic carbocycles. The summed E-state index contributed by atoms with van der Waals surface area (Å²) < 4.78 is 21.8. The summed E-state index contributed by atoms with van der Waals surface area (Å²) in [6, 6.07) is 7.79. The Morgan fingerprint density at radius 2 is 1.86 bits per heavy atom. The Kier molecular flexibility index (Phi) is 10.5. The van der Waals surface area contributed by atoms with Crippen molar-refractivity contribution in [3.63, 3.8) is 0 Å². The summed E-state index contributed by atoms with van der Waals surface area (Å²) in [5, 5.41) is 8.42. The van der Waals surface area contributed by atoms with Crippen molar-refractivity contribution in [2.75, 3.05) is 77.5 Å². The zero-order chi connectivity index (χ0) is 35.6. The second-order valence-corrected chi connectivity index (χ2v) is 17.4. The number of anilines is 2. The lowest BCUT2D eigenvalue weighted by Crippen LogP contribution is -2.63. The Balaban J connectivity index is 1.34. The number of nitrogens with two attached hydrogens (primary N) is 1. The second kappa shape index (κ2) is 14.6. The van der Waals surface area contributed by atoms with Crippen molar-refractivity contribution in [2.45, 2.75) is 18.4 Å². The second-order valence-electron chi connectivity index (χ2n) is 13.4. The molecule has 4 aromatic rings. The highest BCUT2D eigenvalue weighted by molar-refractivity contribution is 9.12. The highest BCUT2D eigenvalue weighted by Gasteiger charge is 2.41. The van der Waals surface area contributed by atoms with Gasteiger partial charge in [-0.25, -0.2) is 9.98 Å². The van der Waals surface area contributed by atoms with Gasteiger partial charge in [-0.1, -0.05) is 0 Å². The molecule has 3 N–H and O–H groups in total. The number of hydrogen-bond donors (Lipinski definition) is 2. The Hall–Kier alpha value is -4.10. The molecule has 0 bridgehead atoms. The van der Waals surface area contributed by atoms with Gasteiger partial charge in [0.05, 0.1) is 46.3 Å². The number of benzene rings is 2. The van der Waals surface area contributed by atoms with Crippen LogP contribution < -0.4 is 26.0 Å². The summed E-state index contributed by atoms with van der Waals surface area (Å²) in [4.78, 5) is 25.5. The molecule has 0 atom stereocenters. The molecule has 2 aromatic heterocycles. The first kappa shape index (κ1) is 35.7. The van der Waals surface area contributed by atoms with Crippen molar-refractivity contribution < 1.29 is 9.30 Å². The van der Waals surface area contributed by atoms with Crippen LogP contribution in [0.3, 0.4) is 0 Å². The number of aryl methyl sites for hydroxylation is 1. The Bertz CT molecular complexity index is 2010. The van der Waals surface area contributed by atoms with Crippen LogP contribution in [0.5, 0.6) is 5.75 Å². The fraction of sp³-hybridized carbons (Fsp3) is 0.400. The van der Waals surface area contributed by atoms with Gasteiger partial charge in [0.15, 0.2) is 5.84 Å². The molecule has 2 saturated heterocycles. The van der Waals surface area contributed by atoms with Crippen molar-refractivity contribution >= 4 is 68.6 Å². The highest BCUT2D eigenvalue weighted by atomic mass is 79.9. The van der Waals surface area contributed by atoms with Gasteiger partial charge in [-0.15, -0.1) is 0 Å². The van der Waals surface area contributed by atoms with Crippen molar-refractivity contribution in [3.05, 3.63) is 59.7 Å². The monoisotopic (exact) mass is 761 g/mol. The molecule has 0 unspecified atom stereocenters. The minimum absolute atomic E-state index is 0.193. The maximum absolute atomic E-state index is 13.5. The number of hydrogen-bond acceptors (Lipinski definition) is 10. The Morgan fingerprint density at radius 3 is 2.54 bits per heavy atom. The number of fused-ring (bicyclic) bond motifs is 1. The number of nitrogens with one attached hydrogen (secondary N) is 1. The zero-order valence-electron chi connectivity index (χ0n) is 29.5. The van der Waals surface area contributed by atoms with Gasteiger partial charge in [-0.2, -0.15) is 5.10 Å².